The Labute approximate surface area is 410 Å². The predicted molar refractivity (Wildman–Crippen MR) is 298 cm³/mol. The van der Waals surface area contributed by atoms with Crippen molar-refractivity contribution in [3.8, 4) is 55.6 Å². The molecular weight excluding hydrogens is 863 g/mol. The van der Waals surface area contributed by atoms with E-state index in [9.17, 15) is 0 Å². The third-order valence-electron chi connectivity index (χ3n) is 14.2. The molecule has 0 amide bonds. The van der Waals surface area contributed by atoms with Crippen molar-refractivity contribution in [1.82, 2.24) is 0 Å². The Bertz CT molecular complexity index is 4070. The van der Waals surface area contributed by atoms with Crippen LogP contribution in [0.3, 0.4) is 0 Å². The largest absolute Gasteiger partial charge is 0.456 e. The fourth-order valence-corrected chi connectivity index (χ4v) is 10.5. The topological polar surface area (TPSA) is 29.5 Å². The van der Waals surface area contributed by atoms with Crippen LogP contribution in [0.2, 0.25) is 0 Å². The number of para-hydroxylation sites is 2. The highest BCUT2D eigenvalue weighted by Crippen LogP contribution is 2.42. The summed E-state index contributed by atoms with van der Waals surface area (Å²) in [5.41, 5.74) is 18.3. The van der Waals surface area contributed by atoms with Crippen LogP contribution in [-0.4, -0.2) is 0 Å². The molecule has 71 heavy (non-hydrogen) atoms. The quantitative estimate of drug-likeness (QED) is 0.152. The number of hydrogen-bond donors (Lipinski definition) is 0. The number of anilines is 3. The average Bonchev–Trinajstić information content (AvgIpc) is 4.01. The van der Waals surface area contributed by atoms with E-state index in [0.29, 0.717) is 0 Å². The number of hydrogen-bond acceptors (Lipinski definition) is 3. The normalized spacial score (nSPS) is 11.7. The zero-order valence-electron chi connectivity index (χ0n) is 38.6. The minimum atomic E-state index is 0.885. The first-order chi connectivity index (χ1) is 35.1. The average molecular weight is 906 g/mol. The van der Waals surface area contributed by atoms with Gasteiger partial charge in [0.1, 0.15) is 22.3 Å². The van der Waals surface area contributed by atoms with Crippen LogP contribution in [0.5, 0.6) is 0 Å². The molecule has 3 heteroatoms. The molecule has 0 saturated heterocycles. The van der Waals surface area contributed by atoms with Crippen LogP contribution in [0.25, 0.3) is 121 Å². The zero-order valence-corrected chi connectivity index (χ0v) is 38.6. The molecule has 0 aliphatic rings. The third kappa shape index (κ3) is 7.31. The maximum atomic E-state index is 6.26. The minimum absolute atomic E-state index is 0.885. The Morgan fingerprint density at radius 1 is 0.197 bits per heavy atom. The summed E-state index contributed by atoms with van der Waals surface area (Å²) in [5.74, 6) is 0. The van der Waals surface area contributed by atoms with Gasteiger partial charge in [0.15, 0.2) is 0 Å². The molecule has 0 bridgehead atoms. The molecule has 14 aromatic rings. The molecule has 0 radical (unpaired) electrons. The highest BCUT2D eigenvalue weighted by molar-refractivity contribution is 6.08. The predicted octanol–water partition coefficient (Wildman–Crippen LogP) is 19.6. The molecule has 0 aliphatic carbocycles. The highest BCUT2D eigenvalue weighted by atomic mass is 16.3. The first-order valence-corrected chi connectivity index (χ1v) is 24.2. The zero-order chi connectivity index (χ0) is 46.8. The van der Waals surface area contributed by atoms with Gasteiger partial charge < -0.3 is 13.7 Å². The Morgan fingerprint density at radius 2 is 0.507 bits per heavy atom. The van der Waals surface area contributed by atoms with Crippen molar-refractivity contribution in [2.45, 2.75) is 0 Å². The van der Waals surface area contributed by atoms with E-state index in [2.05, 4.69) is 241 Å². The van der Waals surface area contributed by atoms with Gasteiger partial charge in [-0.15, -0.1) is 0 Å². The van der Waals surface area contributed by atoms with E-state index in [0.717, 1.165) is 94.3 Å². The van der Waals surface area contributed by atoms with Crippen LogP contribution in [0.15, 0.2) is 270 Å². The van der Waals surface area contributed by atoms with Crippen LogP contribution in [0, 0.1) is 0 Å². The van der Waals surface area contributed by atoms with Crippen molar-refractivity contribution in [1.29, 1.82) is 0 Å². The fraction of sp³-hybridized carbons (Fsp3) is 0. The number of nitrogens with zero attached hydrogens (tertiary/aromatic N) is 1. The smallest absolute Gasteiger partial charge is 0.135 e. The van der Waals surface area contributed by atoms with Gasteiger partial charge in [0.2, 0.25) is 0 Å². The summed E-state index contributed by atoms with van der Waals surface area (Å²) in [6.45, 7) is 0. The maximum absolute atomic E-state index is 6.26. The Balaban J connectivity index is 0.872. The van der Waals surface area contributed by atoms with Gasteiger partial charge in [0.25, 0.3) is 0 Å². The van der Waals surface area contributed by atoms with Crippen molar-refractivity contribution in [2.24, 2.45) is 0 Å². The minimum Gasteiger partial charge on any atom is -0.456 e. The van der Waals surface area contributed by atoms with E-state index in [4.69, 9.17) is 8.83 Å². The summed E-state index contributed by atoms with van der Waals surface area (Å²) in [4.78, 5) is 2.36. The number of rotatable bonds is 8. The lowest BCUT2D eigenvalue weighted by Crippen LogP contribution is -2.09. The maximum Gasteiger partial charge on any atom is 0.135 e. The van der Waals surface area contributed by atoms with Crippen molar-refractivity contribution in [3.63, 3.8) is 0 Å². The van der Waals surface area contributed by atoms with Gasteiger partial charge in [-0.1, -0.05) is 158 Å². The lowest BCUT2D eigenvalue weighted by molar-refractivity contribution is 0.668. The Kier molecular flexibility index (Phi) is 9.53. The van der Waals surface area contributed by atoms with Gasteiger partial charge in [-0.25, -0.2) is 0 Å². The van der Waals surface area contributed by atoms with Gasteiger partial charge >= 0.3 is 0 Å². The van der Waals surface area contributed by atoms with Crippen molar-refractivity contribution >= 4 is 82.5 Å². The second-order valence-corrected chi connectivity index (χ2v) is 18.5. The molecular formula is C68H43NO2. The summed E-state index contributed by atoms with van der Waals surface area (Å²) in [6.07, 6.45) is 0. The van der Waals surface area contributed by atoms with E-state index in [1.807, 2.05) is 24.3 Å². The lowest BCUT2D eigenvalue weighted by atomic mass is 9.92. The molecule has 0 spiro atoms. The van der Waals surface area contributed by atoms with Gasteiger partial charge in [0.05, 0.1) is 0 Å². The molecule has 12 aromatic carbocycles. The van der Waals surface area contributed by atoms with E-state index in [1.54, 1.807) is 0 Å². The summed E-state index contributed by atoms with van der Waals surface area (Å²) in [7, 11) is 0. The first-order valence-electron chi connectivity index (χ1n) is 24.2. The number of furan rings is 2. The van der Waals surface area contributed by atoms with Gasteiger partial charge in [-0.2, -0.15) is 0 Å². The SMILES string of the molecule is c1ccc2cc(-c3ccc(N(c4ccc(-c5cc(-c6ccc7oc8ccccc8c7c6)cc(-c6ccc7oc8ccccc8c7c6)c5)cc4)c4ccc(-c5ccc6ccccc6c5)cc4)cc3)ccc2c1. The number of benzene rings is 12. The van der Waals surface area contributed by atoms with E-state index >= 15 is 0 Å². The Morgan fingerprint density at radius 3 is 0.944 bits per heavy atom. The van der Waals surface area contributed by atoms with Crippen LogP contribution in [0.1, 0.15) is 0 Å². The summed E-state index contributed by atoms with van der Waals surface area (Å²) < 4.78 is 12.5. The molecule has 2 aromatic heterocycles. The van der Waals surface area contributed by atoms with Crippen molar-refractivity contribution in [3.05, 3.63) is 261 Å². The second kappa shape index (κ2) is 16.7. The van der Waals surface area contributed by atoms with Gasteiger partial charge in [-0.3, -0.25) is 0 Å². The molecule has 332 valence electrons. The lowest BCUT2D eigenvalue weighted by Gasteiger charge is -2.26. The second-order valence-electron chi connectivity index (χ2n) is 18.5. The molecule has 0 unspecified atom stereocenters. The molecule has 0 atom stereocenters. The molecule has 0 saturated carbocycles. The third-order valence-corrected chi connectivity index (χ3v) is 14.2. The first kappa shape index (κ1) is 40.6. The summed E-state index contributed by atoms with van der Waals surface area (Å²) in [5, 5.41) is 9.40. The summed E-state index contributed by atoms with van der Waals surface area (Å²) in [6, 6.07) is 94.1. The van der Waals surface area contributed by atoms with Gasteiger partial charge in [0, 0.05) is 38.6 Å². The fourth-order valence-electron chi connectivity index (χ4n) is 10.5. The van der Waals surface area contributed by atoms with E-state index < -0.39 is 0 Å². The van der Waals surface area contributed by atoms with Crippen LogP contribution in [0.4, 0.5) is 17.1 Å². The monoisotopic (exact) mass is 905 g/mol. The number of fused-ring (bicyclic) bond motifs is 8. The Hall–Kier alpha value is -9.44. The molecule has 2 heterocycles. The van der Waals surface area contributed by atoms with Crippen LogP contribution >= 0.6 is 0 Å². The molecule has 0 aliphatic heterocycles. The van der Waals surface area contributed by atoms with Crippen LogP contribution in [-0.2, 0) is 0 Å². The highest BCUT2D eigenvalue weighted by Gasteiger charge is 2.17. The van der Waals surface area contributed by atoms with E-state index in [-0.39, 0.29) is 0 Å². The molecule has 14 rings (SSSR count). The van der Waals surface area contributed by atoms with Gasteiger partial charge in [-0.05, 0) is 180 Å². The molecule has 3 nitrogen and oxygen atoms in total. The van der Waals surface area contributed by atoms with Crippen molar-refractivity contribution < 1.29 is 8.83 Å². The van der Waals surface area contributed by atoms with Crippen LogP contribution < -0.4 is 4.90 Å². The molecule has 0 fully saturated rings. The van der Waals surface area contributed by atoms with Crippen molar-refractivity contribution in [2.75, 3.05) is 4.90 Å². The summed E-state index contributed by atoms with van der Waals surface area (Å²) >= 11 is 0. The standard InChI is InChI=1S/C68H43NO2/c1-3-11-49-37-51(19-17-44(49)9-1)46-21-29-58(30-22-46)69(59-31-23-47(24-32-59)52-20-18-45-10-2-4-12-50(45)38-52)60-33-25-48(26-34-60)55-39-56(53-27-35-67-63(42-53)61-13-5-7-15-65(61)70-67)41-57(40-55)54-28-36-68-64(43-54)62-14-6-8-16-66(62)71-68/h1-43H. The van der Waals surface area contributed by atoms with E-state index in [1.165, 1.54) is 43.8 Å². The molecule has 0 N–H and O–H groups in total.